The van der Waals surface area contributed by atoms with Crippen molar-refractivity contribution in [2.24, 2.45) is 0 Å². The van der Waals surface area contributed by atoms with Crippen LogP contribution < -0.4 is 9.47 Å². The number of thiophene rings is 1. The number of hydrogen-bond acceptors (Lipinski definition) is 11. The highest BCUT2D eigenvalue weighted by Gasteiger charge is 2.45. The SMILES string of the molecule is CCCCOc1c(C=O)sc(C=C2SC3=C(S2)SC(P(=O)(OCC)OCC)S3)c1OCCCC. The van der Waals surface area contributed by atoms with Crippen LogP contribution in [0.5, 0.6) is 11.5 Å². The zero-order valence-electron chi connectivity index (χ0n) is 19.8. The fourth-order valence-electron chi connectivity index (χ4n) is 2.97. The Labute approximate surface area is 223 Å². The van der Waals surface area contributed by atoms with Crippen LogP contribution in [0.15, 0.2) is 12.7 Å². The van der Waals surface area contributed by atoms with Crippen molar-refractivity contribution in [3.05, 3.63) is 22.5 Å². The number of carbonyl (C=O) groups excluding carboxylic acids is 1. The molecule has 0 bridgehead atoms. The van der Waals surface area contributed by atoms with E-state index < -0.39 is 7.60 Å². The van der Waals surface area contributed by atoms with Crippen LogP contribution in [0, 0.1) is 0 Å². The van der Waals surface area contributed by atoms with Gasteiger partial charge in [-0.15, -0.1) is 11.3 Å². The third-order valence-electron chi connectivity index (χ3n) is 4.56. The van der Waals surface area contributed by atoms with Crippen molar-refractivity contribution in [2.75, 3.05) is 26.4 Å². The Bertz CT molecular complexity index is 930. The molecule has 1 aromatic rings. The monoisotopic (exact) mass is 582 g/mol. The molecule has 6 nitrogen and oxygen atoms in total. The average Bonchev–Trinajstić information content (AvgIpc) is 3.47. The summed E-state index contributed by atoms with van der Waals surface area (Å²) < 4.78 is 39.4. The van der Waals surface area contributed by atoms with Gasteiger partial charge < -0.3 is 18.5 Å². The van der Waals surface area contributed by atoms with E-state index in [2.05, 4.69) is 19.9 Å². The first-order valence-corrected chi connectivity index (χ1v) is 17.2. The number of hydrogen-bond donors (Lipinski definition) is 0. The number of unbranched alkanes of at least 4 members (excludes halogenated alkanes) is 2. The number of carbonyl (C=O) groups is 1. The van der Waals surface area contributed by atoms with Crippen LogP contribution in [-0.4, -0.2) is 37.0 Å². The first kappa shape index (κ1) is 28.6. The fraction of sp³-hybridized carbons (Fsp3) is 0.591. The van der Waals surface area contributed by atoms with Crippen molar-refractivity contribution in [3.8, 4) is 11.5 Å². The Hall–Kier alpha value is -0.000000000000000222. The summed E-state index contributed by atoms with van der Waals surface area (Å²) >= 11 is 7.80. The van der Waals surface area contributed by atoms with E-state index in [1.807, 2.05) is 13.8 Å². The Morgan fingerprint density at radius 2 is 1.38 bits per heavy atom. The number of rotatable bonds is 15. The zero-order valence-corrected chi connectivity index (χ0v) is 24.8. The Balaban J connectivity index is 1.76. The first-order chi connectivity index (χ1) is 16.5. The second kappa shape index (κ2) is 14.1. The lowest BCUT2D eigenvalue weighted by Crippen LogP contribution is -2.04. The lowest BCUT2D eigenvalue weighted by molar-refractivity contribution is 0.112. The summed E-state index contributed by atoms with van der Waals surface area (Å²) in [6.45, 7) is 9.73. The Morgan fingerprint density at radius 3 is 1.85 bits per heavy atom. The molecule has 0 spiro atoms. The summed E-state index contributed by atoms with van der Waals surface area (Å²) in [4.78, 5) is 13.2. The van der Waals surface area contributed by atoms with Crippen molar-refractivity contribution >= 4 is 78.3 Å². The molecule has 2 aliphatic heterocycles. The van der Waals surface area contributed by atoms with Crippen LogP contribution in [0.2, 0.25) is 0 Å². The normalized spacial score (nSPS) is 16.3. The van der Waals surface area contributed by atoms with Crippen LogP contribution in [0.25, 0.3) is 6.08 Å². The smallest absolute Gasteiger partial charge is 0.354 e. The molecule has 0 saturated heterocycles. The second-order valence-electron chi connectivity index (χ2n) is 7.17. The Morgan fingerprint density at radius 1 is 0.853 bits per heavy atom. The van der Waals surface area contributed by atoms with E-state index in [1.165, 1.54) is 11.3 Å². The van der Waals surface area contributed by atoms with Gasteiger partial charge in [-0.1, -0.05) is 73.7 Å². The number of ether oxygens (including phenoxy) is 2. The Kier molecular flexibility index (Phi) is 11.8. The molecule has 0 N–H and O–H groups in total. The van der Waals surface area contributed by atoms with Crippen molar-refractivity contribution in [3.63, 3.8) is 0 Å². The van der Waals surface area contributed by atoms with E-state index in [-0.39, 0.29) is 4.32 Å². The summed E-state index contributed by atoms with van der Waals surface area (Å²) in [6, 6.07) is 0. The maximum atomic E-state index is 13.2. The van der Waals surface area contributed by atoms with Crippen LogP contribution in [0.1, 0.15) is 67.9 Å². The summed E-state index contributed by atoms with van der Waals surface area (Å²) in [7, 11) is -3.19. The van der Waals surface area contributed by atoms with Gasteiger partial charge in [-0.05, 0) is 32.8 Å². The largest absolute Gasteiger partial charge is 0.488 e. The zero-order chi connectivity index (χ0) is 24.6. The minimum absolute atomic E-state index is 0.283. The molecule has 2 aliphatic rings. The van der Waals surface area contributed by atoms with E-state index in [9.17, 15) is 9.36 Å². The van der Waals surface area contributed by atoms with Gasteiger partial charge >= 0.3 is 7.60 Å². The van der Waals surface area contributed by atoms with Gasteiger partial charge in [-0.3, -0.25) is 9.36 Å². The second-order valence-corrected chi connectivity index (χ2v) is 16.5. The minimum Gasteiger partial charge on any atom is -0.488 e. The minimum atomic E-state index is -3.19. The van der Waals surface area contributed by atoms with Crippen molar-refractivity contribution in [2.45, 2.75) is 57.7 Å². The molecule has 3 rings (SSSR count). The van der Waals surface area contributed by atoms with Gasteiger partial charge in [0.25, 0.3) is 0 Å². The molecule has 1 aromatic heterocycles. The van der Waals surface area contributed by atoms with Crippen LogP contribution in [0.3, 0.4) is 0 Å². The molecular formula is C22H31O6PS5. The first-order valence-electron chi connectivity index (χ1n) is 11.4. The predicted octanol–water partition coefficient (Wildman–Crippen LogP) is 8.85. The average molecular weight is 583 g/mol. The molecule has 3 heterocycles. The van der Waals surface area contributed by atoms with E-state index in [0.717, 1.165) is 49.6 Å². The summed E-state index contributed by atoms with van der Waals surface area (Å²) in [5, 5.41) is 0. The molecule has 0 fully saturated rings. The van der Waals surface area contributed by atoms with Crippen molar-refractivity contribution in [1.82, 2.24) is 0 Å². The molecule has 12 heteroatoms. The third kappa shape index (κ3) is 7.06. The van der Waals surface area contributed by atoms with E-state index in [1.54, 1.807) is 47.0 Å². The molecule has 0 saturated carbocycles. The fourth-order valence-corrected chi connectivity index (χ4v) is 14.1. The van der Waals surface area contributed by atoms with Crippen LogP contribution >= 0.6 is 66.0 Å². The van der Waals surface area contributed by atoms with Crippen molar-refractivity contribution < 1.29 is 27.9 Å². The quantitative estimate of drug-likeness (QED) is 0.114. The molecule has 0 radical (unpaired) electrons. The molecule has 0 aromatic carbocycles. The van der Waals surface area contributed by atoms with E-state index >= 15 is 0 Å². The molecule has 0 amide bonds. The topological polar surface area (TPSA) is 71.1 Å². The molecule has 34 heavy (non-hydrogen) atoms. The molecular weight excluding hydrogens is 552 g/mol. The molecule has 0 aliphatic carbocycles. The highest BCUT2D eigenvalue weighted by Crippen LogP contribution is 2.74. The van der Waals surface area contributed by atoms with Gasteiger partial charge in [0, 0.05) is 0 Å². The van der Waals surface area contributed by atoms with E-state index in [0.29, 0.717) is 42.8 Å². The highest BCUT2D eigenvalue weighted by atomic mass is 32.3. The van der Waals surface area contributed by atoms with Gasteiger partial charge in [0.15, 0.2) is 22.1 Å². The summed E-state index contributed by atoms with van der Waals surface area (Å²) in [5.74, 6) is 1.22. The maximum Gasteiger partial charge on any atom is 0.354 e. The van der Waals surface area contributed by atoms with Gasteiger partial charge in [-0.25, -0.2) is 0 Å². The van der Waals surface area contributed by atoms with Gasteiger partial charge in [0.05, 0.1) is 44.0 Å². The maximum absolute atomic E-state index is 13.2. The standard InChI is InChI=1S/C22H31O6PS5/c1-5-9-11-25-18-15(30-16(14-23)19(18)26-12-10-6-2)13-17-31-20-21(32-17)34-22(33-20)29(24,27-7-3)28-8-4/h13-14,22H,5-12H2,1-4H3. The molecule has 0 atom stereocenters. The lowest BCUT2D eigenvalue weighted by atomic mass is 10.3. The van der Waals surface area contributed by atoms with Crippen molar-refractivity contribution in [1.29, 1.82) is 0 Å². The predicted molar refractivity (Wildman–Crippen MR) is 151 cm³/mol. The third-order valence-corrected chi connectivity index (χ3v) is 14.9. The van der Waals surface area contributed by atoms with Gasteiger partial charge in [0.2, 0.25) is 0 Å². The van der Waals surface area contributed by atoms with Gasteiger partial charge in [-0.2, -0.15) is 0 Å². The molecule has 0 unspecified atom stereocenters. The number of thioether (sulfide) groups is 4. The lowest BCUT2D eigenvalue weighted by Gasteiger charge is -2.22. The highest BCUT2D eigenvalue weighted by molar-refractivity contribution is 8.48. The van der Waals surface area contributed by atoms with Crippen LogP contribution in [0.4, 0.5) is 0 Å². The molecule has 190 valence electrons. The summed E-state index contributed by atoms with van der Waals surface area (Å²) in [6.07, 6.45) is 6.82. The van der Waals surface area contributed by atoms with E-state index in [4.69, 9.17) is 18.5 Å². The number of aldehydes is 1. The van der Waals surface area contributed by atoms with Crippen LogP contribution in [-0.2, 0) is 13.6 Å². The van der Waals surface area contributed by atoms with Gasteiger partial charge in [0.1, 0.15) is 4.88 Å². The summed E-state index contributed by atoms with van der Waals surface area (Å²) in [5.41, 5.74) is 0.